The second-order valence-electron chi connectivity index (χ2n) is 5.32. The zero-order valence-corrected chi connectivity index (χ0v) is 13.1. The van der Waals surface area contributed by atoms with Gasteiger partial charge in [-0.2, -0.15) is 0 Å². The van der Waals surface area contributed by atoms with Gasteiger partial charge in [-0.1, -0.05) is 12.1 Å². The van der Waals surface area contributed by atoms with Gasteiger partial charge in [-0.15, -0.1) is 0 Å². The summed E-state index contributed by atoms with van der Waals surface area (Å²) in [7, 11) is 1.64. The first-order valence-corrected chi connectivity index (χ1v) is 7.19. The number of rotatable bonds is 5. The molecule has 0 atom stereocenters. The van der Waals surface area contributed by atoms with Gasteiger partial charge in [0.1, 0.15) is 11.6 Å². The van der Waals surface area contributed by atoms with Gasteiger partial charge in [-0.05, 0) is 61.2 Å². The predicted molar refractivity (Wildman–Crippen MR) is 85.8 cm³/mol. The van der Waals surface area contributed by atoms with Crippen LogP contribution in [0.2, 0.25) is 0 Å². The minimum absolute atomic E-state index is 0.0618. The first-order chi connectivity index (χ1) is 10.5. The van der Waals surface area contributed by atoms with E-state index in [4.69, 9.17) is 4.74 Å². The standard InChI is InChI=1S/C18H20FNO2/c1-12-10-16(11-13(2)18(12)22-3)20-17(21)9-6-14-4-7-15(19)8-5-14/h4-5,7-8,10-11H,6,9H2,1-3H3,(H,20,21). The van der Waals surface area contributed by atoms with E-state index >= 15 is 0 Å². The third-order valence-corrected chi connectivity index (χ3v) is 3.50. The van der Waals surface area contributed by atoms with Crippen LogP contribution in [0, 0.1) is 19.7 Å². The quantitative estimate of drug-likeness (QED) is 0.905. The van der Waals surface area contributed by atoms with Crippen LogP contribution in [0.3, 0.4) is 0 Å². The molecule has 0 spiro atoms. The number of ether oxygens (including phenoxy) is 1. The third kappa shape index (κ3) is 4.07. The molecule has 0 aliphatic rings. The van der Waals surface area contributed by atoms with Crippen LogP contribution in [0.15, 0.2) is 36.4 Å². The van der Waals surface area contributed by atoms with Crippen molar-refractivity contribution in [3.63, 3.8) is 0 Å². The number of carbonyl (C=O) groups is 1. The highest BCUT2D eigenvalue weighted by molar-refractivity contribution is 5.91. The summed E-state index contributed by atoms with van der Waals surface area (Å²) in [6.45, 7) is 3.89. The summed E-state index contributed by atoms with van der Waals surface area (Å²) < 4.78 is 18.1. The third-order valence-electron chi connectivity index (χ3n) is 3.50. The molecule has 4 heteroatoms. The molecule has 22 heavy (non-hydrogen) atoms. The molecule has 3 nitrogen and oxygen atoms in total. The van der Waals surface area contributed by atoms with Crippen molar-refractivity contribution in [2.75, 3.05) is 12.4 Å². The maximum atomic E-state index is 12.8. The second-order valence-corrected chi connectivity index (χ2v) is 5.32. The van der Waals surface area contributed by atoms with Crippen molar-refractivity contribution in [1.82, 2.24) is 0 Å². The summed E-state index contributed by atoms with van der Waals surface area (Å²) >= 11 is 0. The molecular weight excluding hydrogens is 281 g/mol. The lowest BCUT2D eigenvalue weighted by Crippen LogP contribution is -2.12. The zero-order chi connectivity index (χ0) is 16.1. The smallest absolute Gasteiger partial charge is 0.224 e. The fraction of sp³-hybridized carbons (Fsp3) is 0.278. The van der Waals surface area contributed by atoms with Crippen LogP contribution in [0.1, 0.15) is 23.1 Å². The molecule has 0 saturated heterocycles. The molecule has 0 saturated carbocycles. The van der Waals surface area contributed by atoms with Crippen LogP contribution in [0.25, 0.3) is 0 Å². The number of amides is 1. The Hall–Kier alpha value is -2.36. The van der Waals surface area contributed by atoms with Crippen LogP contribution in [0.5, 0.6) is 5.75 Å². The maximum absolute atomic E-state index is 12.8. The number of anilines is 1. The first kappa shape index (κ1) is 16.0. The van der Waals surface area contributed by atoms with Gasteiger partial charge in [0.2, 0.25) is 5.91 Å². The number of hydrogen-bond donors (Lipinski definition) is 1. The van der Waals surface area contributed by atoms with Crippen molar-refractivity contribution in [1.29, 1.82) is 0 Å². The molecule has 1 N–H and O–H groups in total. The summed E-state index contributed by atoms with van der Waals surface area (Å²) in [5.74, 6) is 0.509. The van der Waals surface area contributed by atoms with E-state index in [9.17, 15) is 9.18 Å². The largest absolute Gasteiger partial charge is 0.496 e. The lowest BCUT2D eigenvalue weighted by atomic mass is 10.1. The molecule has 0 unspecified atom stereocenters. The van der Waals surface area contributed by atoms with E-state index in [1.807, 2.05) is 26.0 Å². The molecule has 0 heterocycles. The van der Waals surface area contributed by atoms with Crippen molar-refractivity contribution in [2.24, 2.45) is 0 Å². The Kier molecular flexibility index (Phi) is 5.15. The maximum Gasteiger partial charge on any atom is 0.224 e. The number of methoxy groups -OCH3 is 1. The average Bonchev–Trinajstić information content (AvgIpc) is 2.46. The Balaban J connectivity index is 1.96. The molecule has 0 aromatic heterocycles. The molecule has 2 rings (SSSR count). The Bertz CT molecular complexity index is 642. The summed E-state index contributed by atoms with van der Waals surface area (Å²) in [5, 5.41) is 2.89. The van der Waals surface area contributed by atoms with E-state index in [1.165, 1.54) is 12.1 Å². The summed E-state index contributed by atoms with van der Waals surface area (Å²) in [6.07, 6.45) is 0.940. The number of benzene rings is 2. The molecule has 1 amide bonds. The number of halogens is 1. The SMILES string of the molecule is COc1c(C)cc(NC(=O)CCc2ccc(F)cc2)cc1C. The number of hydrogen-bond acceptors (Lipinski definition) is 2. The fourth-order valence-corrected chi connectivity index (χ4v) is 2.48. The number of aryl methyl sites for hydroxylation is 3. The molecule has 0 radical (unpaired) electrons. The van der Waals surface area contributed by atoms with Gasteiger partial charge in [0, 0.05) is 12.1 Å². The van der Waals surface area contributed by atoms with Crippen LogP contribution in [-0.4, -0.2) is 13.0 Å². The van der Waals surface area contributed by atoms with E-state index in [1.54, 1.807) is 19.2 Å². The summed E-state index contributed by atoms with van der Waals surface area (Å²) in [5.41, 5.74) is 3.67. The van der Waals surface area contributed by atoms with E-state index in [0.29, 0.717) is 12.8 Å². The van der Waals surface area contributed by atoms with Gasteiger partial charge in [-0.25, -0.2) is 4.39 Å². The average molecular weight is 301 g/mol. The Labute approximate surface area is 130 Å². The predicted octanol–water partition coefficient (Wildman–Crippen LogP) is 4.02. The second kappa shape index (κ2) is 7.07. The van der Waals surface area contributed by atoms with Crippen LogP contribution >= 0.6 is 0 Å². The summed E-state index contributed by atoms with van der Waals surface area (Å²) in [6, 6.07) is 9.99. The molecule has 116 valence electrons. The number of nitrogens with one attached hydrogen (secondary N) is 1. The van der Waals surface area contributed by atoms with Crippen molar-refractivity contribution in [2.45, 2.75) is 26.7 Å². The van der Waals surface area contributed by atoms with Gasteiger partial charge >= 0.3 is 0 Å². The minimum atomic E-state index is -0.266. The molecule has 0 aliphatic carbocycles. The molecule has 0 aliphatic heterocycles. The molecule has 0 bridgehead atoms. The van der Waals surface area contributed by atoms with Crippen molar-refractivity contribution >= 4 is 11.6 Å². The Morgan fingerprint density at radius 2 is 1.73 bits per heavy atom. The monoisotopic (exact) mass is 301 g/mol. The molecular formula is C18H20FNO2. The van der Waals surface area contributed by atoms with Gasteiger partial charge in [-0.3, -0.25) is 4.79 Å². The summed E-state index contributed by atoms with van der Waals surface area (Å²) in [4.78, 5) is 12.0. The Morgan fingerprint density at radius 1 is 1.14 bits per heavy atom. The molecule has 2 aromatic rings. The topological polar surface area (TPSA) is 38.3 Å². The normalized spacial score (nSPS) is 10.4. The van der Waals surface area contributed by atoms with Gasteiger partial charge in [0.15, 0.2) is 0 Å². The van der Waals surface area contributed by atoms with Crippen molar-refractivity contribution in [3.05, 3.63) is 58.9 Å². The van der Waals surface area contributed by atoms with Gasteiger partial charge < -0.3 is 10.1 Å². The van der Waals surface area contributed by atoms with E-state index in [-0.39, 0.29) is 11.7 Å². The van der Waals surface area contributed by atoms with Gasteiger partial charge in [0.05, 0.1) is 7.11 Å². The lowest BCUT2D eigenvalue weighted by Gasteiger charge is -2.12. The van der Waals surface area contributed by atoms with Crippen LogP contribution < -0.4 is 10.1 Å². The fourth-order valence-electron chi connectivity index (χ4n) is 2.48. The van der Waals surface area contributed by atoms with E-state index < -0.39 is 0 Å². The van der Waals surface area contributed by atoms with E-state index in [0.717, 1.165) is 28.1 Å². The van der Waals surface area contributed by atoms with Crippen LogP contribution in [0.4, 0.5) is 10.1 Å². The minimum Gasteiger partial charge on any atom is -0.496 e. The van der Waals surface area contributed by atoms with Crippen molar-refractivity contribution in [3.8, 4) is 5.75 Å². The molecule has 0 fully saturated rings. The first-order valence-electron chi connectivity index (χ1n) is 7.19. The van der Waals surface area contributed by atoms with Gasteiger partial charge in [0.25, 0.3) is 0 Å². The Morgan fingerprint density at radius 3 is 2.27 bits per heavy atom. The van der Waals surface area contributed by atoms with Crippen molar-refractivity contribution < 1.29 is 13.9 Å². The van der Waals surface area contributed by atoms with E-state index in [2.05, 4.69) is 5.32 Å². The zero-order valence-electron chi connectivity index (χ0n) is 13.1. The highest BCUT2D eigenvalue weighted by Crippen LogP contribution is 2.26. The lowest BCUT2D eigenvalue weighted by molar-refractivity contribution is -0.116. The highest BCUT2D eigenvalue weighted by Gasteiger charge is 2.08. The highest BCUT2D eigenvalue weighted by atomic mass is 19.1. The molecule has 2 aromatic carbocycles. The van der Waals surface area contributed by atoms with Crippen LogP contribution in [-0.2, 0) is 11.2 Å². The number of carbonyl (C=O) groups excluding carboxylic acids is 1.